The smallest absolute Gasteiger partial charge is 0.337 e. The number of amides is 1. The molecule has 33 heavy (non-hydrogen) atoms. The van der Waals surface area contributed by atoms with Gasteiger partial charge in [0.15, 0.2) is 0 Å². The van der Waals surface area contributed by atoms with Crippen LogP contribution in [-0.4, -0.2) is 39.9 Å². The van der Waals surface area contributed by atoms with Crippen LogP contribution in [0.5, 0.6) is 5.75 Å². The second kappa shape index (κ2) is 9.00. The number of methoxy groups -OCH3 is 1. The molecule has 0 bridgehead atoms. The fourth-order valence-electron chi connectivity index (χ4n) is 3.86. The minimum Gasteiger partial charge on any atom is -0.508 e. The first kappa shape index (κ1) is 21.8. The molecule has 0 aromatic heterocycles. The molecule has 0 saturated carbocycles. The number of benzene rings is 3. The molecule has 0 radical (unpaired) electrons. The summed E-state index contributed by atoms with van der Waals surface area (Å²) in [6, 6.07) is 20.3. The third-order valence-corrected chi connectivity index (χ3v) is 5.52. The van der Waals surface area contributed by atoms with Crippen LogP contribution in [0.25, 0.3) is 5.76 Å². The average Bonchev–Trinajstić information content (AvgIpc) is 3.09. The fourth-order valence-corrected chi connectivity index (χ4v) is 3.86. The molecule has 4 rings (SSSR count). The number of ether oxygens (including phenoxy) is 1. The number of ketones is 1. The van der Waals surface area contributed by atoms with E-state index in [0.29, 0.717) is 22.3 Å². The summed E-state index contributed by atoms with van der Waals surface area (Å²) in [5.74, 6) is -2.25. The first-order valence-corrected chi connectivity index (χ1v) is 10.2. The molecule has 7 nitrogen and oxygen atoms in total. The zero-order chi connectivity index (χ0) is 23.5. The number of Topliss-reactive ketones (excluding diaryl/α,β-unsaturated/α-hetero) is 1. The summed E-state index contributed by atoms with van der Waals surface area (Å²) in [5, 5.41) is 20.7. The predicted octanol–water partition coefficient (Wildman–Crippen LogP) is 3.80. The molecule has 1 heterocycles. The van der Waals surface area contributed by atoms with E-state index in [2.05, 4.69) is 0 Å². The van der Waals surface area contributed by atoms with E-state index in [1.54, 1.807) is 66.7 Å². The van der Waals surface area contributed by atoms with Crippen LogP contribution in [0.1, 0.15) is 33.1 Å². The van der Waals surface area contributed by atoms with Crippen LogP contribution >= 0.6 is 0 Å². The van der Waals surface area contributed by atoms with Crippen molar-refractivity contribution in [3.05, 3.63) is 107 Å². The number of rotatable bonds is 5. The zero-order valence-corrected chi connectivity index (χ0v) is 17.8. The number of esters is 1. The molecule has 7 heteroatoms. The Morgan fingerprint density at radius 3 is 2.15 bits per heavy atom. The lowest BCUT2D eigenvalue weighted by Gasteiger charge is -2.25. The normalized spacial score (nSPS) is 17.2. The SMILES string of the molecule is COC(=O)c1ccc(CN2C(=O)C(=O)/C(=C(/O)c3ccccc3)C2c2ccc(O)cc2)cc1. The quantitative estimate of drug-likeness (QED) is 0.269. The summed E-state index contributed by atoms with van der Waals surface area (Å²) in [7, 11) is 1.29. The second-order valence-electron chi connectivity index (χ2n) is 7.57. The van der Waals surface area contributed by atoms with Crippen LogP contribution in [0.2, 0.25) is 0 Å². The van der Waals surface area contributed by atoms with E-state index in [0.717, 1.165) is 0 Å². The van der Waals surface area contributed by atoms with Gasteiger partial charge in [0.05, 0.1) is 24.3 Å². The van der Waals surface area contributed by atoms with Gasteiger partial charge in [-0.25, -0.2) is 4.79 Å². The van der Waals surface area contributed by atoms with E-state index >= 15 is 0 Å². The molecule has 1 amide bonds. The van der Waals surface area contributed by atoms with E-state index in [9.17, 15) is 24.6 Å². The molecule has 1 atom stereocenters. The van der Waals surface area contributed by atoms with Gasteiger partial charge >= 0.3 is 5.97 Å². The maximum atomic E-state index is 13.0. The Labute approximate surface area is 190 Å². The number of carbonyl (C=O) groups excluding carboxylic acids is 3. The number of aromatic hydroxyl groups is 1. The van der Waals surface area contributed by atoms with Gasteiger partial charge < -0.3 is 19.8 Å². The molecule has 1 aliphatic rings. The second-order valence-corrected chi connectivity index (χ2v) is 7.57. The van der Waals surface area contributed by atoms with Crippen LogP contribution < -0.4 is 0 Å². The van der Waals surface area contributed by atoms with E-state index in [1.807, 2.05) is 0 Å². The highest BCUT2D eigenvalue weighted by Crippen LogP contribution is 2.40. The number of aliphatic hydroxyl groups excluding tert-OH is 1. The van der Waals surface area contributed by atoms with Gasteiger partial charge in [-0.05, 0) is 35.4 Å². The van der Waals surface area contributed by atoms with Gasteiger partial charge in [-0.3, -0.25) is 9.59 Å². The number of carbonyl (C=O) groups is 3. The molecule has 0 aliphatic carbocycles. The molecule has 1 saturated heterocycles. The highest BCUT2D eigenvalue weighted by molar-refractivity contribution is 6.46. The summed E-state index contributed by atoms with van der Waals surface area (Å²) in [5.41, 5.74) is 2.01. The van der Waals surface area contributed by atoms with Gasteiger partial charge in [-0.2, -0.15) is 0 Å². The molecule has 3 aromatic carbocycles. The monoisotopic (exact) mass is 443 g/mol. The topological polar surface area (TPSA) is 104 Å². The number of hydrogen-bond donors (Lipinski definition) is 2. The molecule has 1 fully saturated rings. The van der Waals surface area contributed by atoms with Gasteiger partial charge in [-0.15, -0.1) is 0 Å². The van der Waals surface area contributed by atoms with Crippen LogP contribution in [0.15, 0.2) is 84.4 Å². The molecule has 1 unspecified atom stereocenters. The molecule has 3 aromatic rings. The minimum atomic E-state index is -0.855. The number of aliphatic hydroxyl groups is 1. The van der Waals surface area contributed by atoms with Gasteiger partial charge in [0.1, 0.15) is 11.5 Å². The molecule has 2 N–H and O–H groups in total. The summed E-state index contributed by atoms with van der Waals surface area (Å²) in [6.45, 7) is 0.0726. The average molecular weight is 443 g/mol. The maximum absolute atomic E-state index is 13.0. The van der Waals surface area contributed by atoms with Crippen molar-refractivity contribution in [2.75, 3.05) is 7.11 Å². The van der Waals surface area contributed by atoms with Crippen molar-refractivity contribution >= 4 is 23.4 Å². The summed E-state index contributed by atoms with van der Waals surface area (Å²) in [4.78, 5) is 39.1. The number of nitrogens with zero attached hydrogens (tertiary/aromatic N) is 1. The Balaban J connectivity index is 1.78. The number of phenolic OH excluding ortho intramolecular Hbond substituents is 1. The van der Waals surface area contributed by atoms with Crippen molar-refractivity contribution in [3.63, 3.8) is 0 Å². The Kier molecular flexibility index (Phi) is 5.95. The van der Waals surface area contributed by atoms with Crippen molar-refractivity contribution in [3.8, 4) is 5.75 Å². The van der Waals surface area contributed by atoms with Crippen LogP contribution in [0.4, 0.5) is 0 Å². The van der Waals surface area contributed by atoms with Crippen molar-refractivity contribution in [1.29, 1.82) is 0 Å². The highest BCUT2D eigenvalue weighted by Gasteiger charge is 2.46. The fraction of sp³-hybridized carbons (Fsp3) is 0.115. The largest absolute Gasteiger partial charge is 0.508 e. The molecule has 1 aliphatic heterocycles. The third-order valence-electron chi connectivity index (χ3n) is 5.52. The third kappa shape index (κ3) is 4.21. The summed E-state index contributed by atoms with van der Waals surface area (Å²) >= 11 is 0. The van der Waals surface area contributed by atoms with Crippen LogP contribution in [0, 0.1) is 0 Å². The van der Waals surface area contributed by atoms with Crippen molar-refractivity contribution in [2.24, 2.45) is 0 Å². The molecule has 0 spiro atoms. The summed E-state index contributed by atoms with van der Waals surface area (Å²) < 4.78 is 4.71. The van der Waals surface area contributed by atoms with Gasteiger partial charge in [0.2, 0.25) is 0 Å². The Morgan fingerprint density at radius 1 is 0.909 bits per heavy atom. The van der Waals surface area contributed by atoms with Gasteiger partial charge in [-0.1, -0.05) is 54.6 Å². The standard InChI is InChI=1S/C26H21NO6/c1-33-26(32)19-9-7-16(8-10-19)15-27-22(17-11-13-20(28)14-12-17)21(24(30)25(27)31)23(29)18-5-3-2-4-6-18/h2-14,22,28-29H,15H2,1H3/b23-21+. The van der Waals surface area contributed by atoms with E-state index in [4.69, 9.17) is 4.74 Å². The minimum absolute atomic E-state index is 0.0249. The van der Waals surface area contributed by atoms with E-state index in [1.165, 1.54) is 24.1 Å². The number of phenols is 1. The lowest BCUT2D eigenvalue weighted by Crippen LogP contribution is -2.29. The van der Waals surface area contributed by atoms with Crippen molar-refractivity contribution < 1.29 is 29.3 Å². The lowest BCUT2D eigenvalue weighted by atomic mass is 9.95. The Bertz CT molecular complexity index is 1230. The number of likely N-dealkylation sites (tertiary alicyclic amines) is 1. The molecular weight excluding hydrogens is 422 g/mol. The van der Waals surface area contributed by atoms with Crippen LogP contribution in [-0.2, 0) is 20.9 Å². The van der Waals surface area contributed by atoms with Gasteiger partial charge in [0, 0.05) is 12.1 Å². The highest BCUT2D eigenvalue weighted by atomic mass is 16.5. The van der Waals surface area contributed by atoms with Gasteiger partial charge in [0.25, 0.3) is 11.7 Å². The van der Waals surface area contributed by atoms with Crippen LogP contribution in [0.3, 0.4) is 0 Å². The van der Waals surface area contributed by atoms with E-state index in [-0.39, 0.29) is 23.6 Å². The predicted molar refractivity (Wildman–Crippen MR) is 120 cm³/mol. The van der Waals surface area contributed by atoms with E-state index < -0.39 is 23.7 Å². The maximum Gasteiger partial charge on any atom is 0.337 e. The molecular formula is C26H21NO6. The number of hydrogen-bond acceptors (Lipinski definition) is 6. The van der Waals surface area contributed by atoms with Crippen molar-refractivity contribution in [2.45, 2.75) is 12.6 Å². The summed E-state index contributed by atoms with van der Waals surface area (Å²) in [6.07, 6.45) is 0. The van der Waals surface area contributed by atoms with Crippen molar-refractivity contribution in [1.82, 2.24) is 4.90 Å². The molecule has 166 valence electrons. The zero-order valence-electron chi connectivity index (χ0n) is 17.8. The Morgan fingerprint density at radius 2 is 1.55 bits per heavy atom. The lowest BCUT2D eigenvalue weighted by molar-refractivity contribution is -0.140. The first-order valence-electron chi connectivity index (χ1n) is 10.2. The Hall–Kier alpha value is -4.39. The first-order chi connectivity index (χ1) is 15.9.